The summed E-state index contributed by atoms with van der Waals surface area (Å²) < 4.78 is 36.6. The van der Waals surface area contributed by atoms with E-state index in [0.717, 1.165) is 20.1 Å². The highest BCUT2D eigenvalue weighted by molar-refractivity contribution is 6.57. The lowest BCUT2D eigenvalue weighted by Crippen LogP contribution is -2.49. The Morgan fingerprint density at radius 1 is 1.26 bits per heavy atom. The molecule has 0 saturated heterocycles. The first kappa shape index (κ1) is 14.3. The molecule has 23 heavy (non-hydrogen) atoms. The molecule has 3 heterocycles. The summed E-state index contributed by atoms with van der Waals surface area (Å²) in [6, 6.07) is 8.62. The number of fused-ring (bicyclic) bond motifs is 2. The molecule has 2 aliphatic rings. The fraction of sp³-hybridized carbons (Fsp3) is 0.0625. The van der Waals surface area contributed by atoms with Gasteiger partial charge < -0.3 is 22.3 Å². The molecule has 0 spiro atoms. The highest BCUT2D eigenvalue weighted by atomic mass is 35.5. The minimum absolute atomic E-state index is 0.441. The van der Waals surface area contributed by atoms with Crippen LogP contribution < -0.4 is 4.74 Å². The van der Waals surface area contributed by atoms with E-state index in [9.17, 15) is 8.63 Å². The van der Waals surface area contributed by atoms with E-state index in [4.69, 9.17) is 16.3 Å². The molecule has 0 unspecified atom stereocenters. The van der Waals surface area contributed by atoms with E-state index >= 15 is 0 Å². The number of nitrogens with zero attached hydrogens (tertiary/aromatic N) is 2. The Hall–Kier alpha value is -2.34. The predicted octanol–water partition coefficient (Wildman–Crippen LogP) is 3.80. The van der Waals surface area contributed by atoms with Crippen LogP contribution in [-0.4, -0.2) is 29.3 Å². The van der Waals surface area contributed by atoms with Crippen molar-refractivity contribution >= 4 is 30.4 Å². The molecule has 0 amide bonds. The third kappa shape index (κ3) is 1.91. The smallest absolute Gasteiger partial charge is 0.495 e. The van der Waals surface area contributed by atoms with Crippen LogP contribution >= 0.6 is 11.6 Å². The van der Waals surface area contributed by atoms with Crippen molar-refractivity contribution in [3.63, 3.8) is 0 Å². The Kier molecular flexibility index (Phi) is 3.00. The standard InChI is InChI=1S/C16H12BClF2N2O/c1-23-15-7-6-11(10-12(15)18)16-13-4-2-8-21(13)17(19,20)22-9-3-5-14(16)22/h2-10H,1H3. The first-order valence-electron chi connectivity index (χ1n) is 7.12. The lowest BCUT2D eigenvalue weighted by atomic mass is 9.86. The van der Waals surface area contributed by atoms with Crippen molar-refractivity contribution < 1.29 is 17.9 Å². The molecule has 1 aromatic carbocycles. The van der Waals surface area contributed by atoms with Gasteiger partial charge in [0.05, 0.1) is 17.7 Å². The molecule has 0 fully saturated rings. The molecule has 0 saturated carbocycles. The second-order valence-corrected chi connectivity index (χ2v) is 5.82. The van der Waals surface area contributed by atoms with Gasteiger partial charge in [-0.3, -0.25) is 0 Å². The number of halogens is 3. The molecule has 0 aliphatic carbocycles. The summed E-state index contributed by atoms with van der Waals surface area (Å²) in [4.78, 5) is 0. The van der Waals surface area contributed by atoms with Crippen LogP contribution in [0.3, 0.4) is 0 Å². The third-order valence-corrected chi connectivity index (χ3v) is 4.48. The van der Waals surface area contributed by atoms with Gasteiger partial charge in [0.2, 0.25) is 0 Å². The number of rotatable bonds is 2. The van der Waals surface area contributed by atoms with Crippen molar-refractivity contribution in [1.29, 1.82) is 0 Å². The van der Waals surface area contributed by atoms with Crippen molar-refractivity contribution in [2.75, 3.05) is 7.11 Å². The molecular formula is C16H12BClF2N2O. The zero-order chi connectivity index (χ0) is 16.2. The predicted molar refractivity (Wildman–Crippen MR) is 87.3 cm³/mol. The van der Waals surface area contributed by atoms with Crippen LogP contribution in [0.1, 0.15) is 11.3 Å². The van der Waals surface area contributed by atoms with Gasteiger partial charge in [-0.25, -0.2) is 0 Å². The molecule has 1 aromatic heterocycles. The highest BCUT2D eigenvalue weighted by Crippen LogP contribution is 2.39. The van der Waals surface area contributed by atoms with Gasteiger partial charge in [-0.2, -0.15) is 0 Å². The monoisotopic (exact) mass is 332 g/mol. The van der Waals surface area contributed by atoms with Gasteiger partial charge >= 0.3 is 6.97 Å². The van der Waals surface area contributed by atoms with Crippen LogP contribution in [0.15, 0.2) is 54.4 Å². The Balaban J connectivity index is 2.00. The number of hydrogen-bond acceptors (Lipinski definition) is 1. The van der Waals surface area contributed by atoms with Crippen LogP contribution in [0.2, 0.25) is 5.02 Å². The second kappa shape index (κ2) is 4.83. The molecule has 0 radical (unpaired) electrons. The zero-order valence-electron chi connectivity index (χ0n) is 12.2. The van der Waals surface area contributed by atoms with Crippen molar-refractivity contribution in [3.8, 4) is 5.75 Å². The molecule has 4 rings (SSSR count). The van der Waals surface area contributed by atoms with Gasteiger partial charge in [0.15, 0.2) is 5.70 Å². The van der Waals surface area contributed by atoms with Crippen LogP contribution in [0, 0.1) is 0 Å². The Labute approximate surface area is 136 Å². The van der Waals surface area contributed by atoms with Crippen LogP contribution in [0.25, 0.3) is 5.57 Å². The van der Waals surface area contributed by atoms with E-state index in [1.165, 1.54) is 19.5 Å². The fourth-order valence-corrected chi connectivity index (χ4v) is 3.39. The number of aromatic nitrogens is 1. The van der Waals surface area contributed by atoms with Gasteiger partial charge in [-0.05, 0) is 36.0 Å². The topological polar surface area (TPSA) is 17.2 Å². The van der Waals surface area contributed by atoms with Gasteiger partial charge in [0.1, 0.15) is 12.0 Å². The molecule has 2 aromatic rings. The number of allylic oxidation sites excluding steroid dienone is 2. The molecule has 0 N–H and O–H groups in total. The van der Waals surface area contributed by atoms with E-state index in [0.29, 0.717) is 22.2 Å². The quantitative estimate of drug-likeness (QED) is 0.765. The summed E-state index contributed by atoms with van der Waals surface area (Å²) in [5.41, 5.74) is 2.43. The highest BCUT2D eigenvalue weighted by Gasteiger charge is 2.51. The average molecular weight is 333 g/mol. The van der Waals surface area contributed by atoms with Crippen molar-refractivity contribution in [2.45, 2.75) is 0 Å². The van der Waals surface area contributed by atoms with Crippen molar-refractivity contribution in [3.05, 3.63) is 70.7 Å². The molecule has 3 nitrogen and oxygen atoms in total. The number of methoxy groups -OCH3 is 1. The van der Waals surface area contributed by atoms with E-state index in [2.05, 4.69) is 0 Å². The van der Waals surface area contributed by atoms with Gasteiger partial charge in [-0.1, -0.05) is 17.7 Å². The fourth-order valence-electron chi connectivity index (χ4n) is 3.14. The van der Waals surface area contributed by atoms with Gasteiger partial charge in [0.25, 0.3) is 0 Å². The normalized spacial score (nSPS) is 17.8. The first-order valence-corrected chi connectivity index (χ1v) is 7.49. The first-order chi connectivity index (χ1) is 11.0. The summed E-state index contributed by atoms with van der Waals surface area (Å²) >= 11 is 6.21. The maximum absolute atomic E-state index is 14.7. The zero-order valence-corrected chi connectivity index (χ0v) is 13.0. The molecule has 7 heteroatoms. The van der Waals surface area contributed by atoms with E-state index in [-0.39, 0.29) is 0 Å². The van der Waals surface area contributed by atoms with Crippen molar-refractivity contribution in [2.24, 2.45) is 0 Å². The van der Waals surface area contributed by atoms with Crippen LogP contribution in [0.4, 0.5) is 8.63 Å². The Morgan fingerprint density at radius 3 is 2.83 bits per heavy atom. The van der Waals surface area contributed by atoms with Gasteiger partial charge in [-0.15, -0.1) is 0 Å². The van der Waals surface area contributed by atoms with E-state index < -0.39 is 6.97 Å². The Morgan fingerprint density at radius 2 is 2.09 bits per heavy atom. The Bertz CT molecular complexity index is 915. The summed E-state index contributed by atoms with van der Waals surface area (Å²) in [6.45, 7) is -3.88. The molecule has 2 aliphatic heterocycles. The number of benzene rings is 1. The summed E-state index contributed by atoms with van der Waals surface area (Å²) in [5.74, 6) is 0.548. The number of hydrogen-bond donors (Lipinski definition) is 0. The second-order valence-electron chi connectivity index (χ2n) is 5.41. The average Bonchev–Trinajstić information content (AvgIpc) is 3.17. The molecule has 0 bridgehead atoms. The van der Waals surface area contributed by atoms with E-state index in [1.54, 1.807) is 36.4 Å². The lowest BCUT2D eigenvalue weighted by Gasteiger charge is -2.31. The van der Waals surface area contributed by atoms with Crippen molar-refractivity contribution in [1.82, 2.24) is 4.48 Å². The molecular weight excluding hydrogens is 320 g/mol. The molecule has 116 valence electrons. The summed E-state index contributed by atoms with van der Waals surface area (Å²) in [7, 11) is 1.54. The number of ether oxygens (including phenoxy) is 1. The molecule has 0 atom stereocenters. The SMILES string of the molecule is COc1ccc(C2=C3C=CC=[N+]3[B-](F)(F)n3cccc32)cc1Cl. The summed E-state index contributed by atoms with van der Waals surface area (Å²) in [5, 5.41) is 0.441. The van der Waals surface area contributed by atoms with E-state index in [1.807, 2.05) is 6.07 Å². The maximum atomic E-state index is 14.7. The summed E-state index contributed by atoms with van der Waals surface area (Å²) in [6.07, 6.45) is 6.13. The minimum atomic E-state index is -3.88. The minimum Gasteiger partial charge on any atom is -0.495 e. The van der Waals surface area contributed by atoms with Crippen LogP contribution in [-0.2, 0) is 0 Å². The third-order valence-electron chi connectivity index (χ3n) is 4.18. The lowest BCUT2D eigenvalue weighted by molar-refractivity contribution is -0.356. The van der Waals surface area contributed by atoms with Gasteiger partial charge in [0, 0.05) is 17.8 Å². The maximum Gasteiger partial charge on any atom is 0.737 e. The van der Waals surface area contributed by atoms with Crippen LogP contribution in [0.5, 0.6) is 5.75 Å². The largest absolute Gasteiger partial charge is 0.737 e.